The number of hydrogen-bond donors (Lipinski definition) is 1. The summed E-state index contributed by atoms with van der Waals surface area (Å²) in [6.45, 7) is 0.0814. The molecule has 0 unspecified atom stereocenters. The van der Waals surface area contributed by atoms with Gasteiger partial charge in [-0.15, -0.1) is 10.2 Å². The summed E-state index contributed by atoms with van der Waals surface area (Å²) < 4.78 is 14.9. The van der Waals surface area contributed by atoms with Gasteiger partial charge in [-0.05, 0) is 18.2 Å². The second-order valence-corrected chi connectivity index (χ2v) is 4.39. The molecule has 1 aromatic carbocycles. The minimum Gasteiger partial charge on any atom is -0.346 e. The Morgan fingerprint density at radius 2 is 2.05 bits per heavy atom. The van der Waals surface area contributed by atoms with Gasteiger partial charge in [0.05, 0.1) is 0 Å². The van der Waals surface area contributed by atoms with Crippen LogP contribution < -0.4 is 5.32 Å². The maximum absolute atomic E-state index is 13.5. The van der Waals surface area contributed by atoms with Crippen LogP contribution in [-0.4, -0.2) is 30.9 Å². The van der Waals surface area contributed by atoms with Crippen molar-refractivity contribution in [3.05, 3.63) is 66.1 Å². The Morgan fingerprint density at radius 1 is 1.18 bits per heavy atom. The molecular weight excluding hydrogens is 287 g/mol. The summed E-state index contributed by atoms with van der Waals surface area (Å²) in [6.07, 6.45) is 2.85. The SMILES string of the molecule is O=C(NCc1ccccc1F)c1ccc(-n2cncn2)nn1. The molecule has 3 rings (SSSR count). The third kappa shape index (κ3) is 2.95. The van der Waals surface area contributed by atoms with Crippen molar-refractivity contribution >= 4 is 5.91 Å². The molecule has 0 aliphatic carbocycles. The molecule has 1 amide bonds. The molecule has 8 heteroatoms. The second kappa shape index (κ2) is 6.08. The molecule has 0 spiro atoms. The summed E-state index contributed by atoms with van der Waals surface area (Å²) in [6, 6.07) is 9.36. The van der Waals surface area contributed by atoms with E-state index >= 15 is 0 Å². The first-order valence-electron chi connectivity index (χ1n) is 6.44. The summed E-state index contributed by atoms with van der Waals surface area (Å²) in [4.78, 5) is 15.8. The molecule has 2 aromatic heterocycles. The third-order valence-electron chi connectivity index (χ3n) is 2.93. The van der Waals surface area contributed by atoms with E-state index in [9.17, 15) is 9.18 Å². The van der Waals surface area contributed by atoms with Crippen molar-refractivity contribution in [3.8, 4) is 5.82 Å². The van der Waals surface area contributed by atoms with Gasteiger partial charge in [0.15, 0.2) is 11.5 Å². The first-order valence-corrected chi connectivity index (χ1v) is 6.44. The number of aromatic nitrogens is 5. The lowest BCUT2D eigenvalue weighted by molar-refractivity contribution is 0.0944. The minimum absolute atomic E-state index is 0.0814. The van der Waals surface area contributed by atoms with Gasteiger partial charge in [-0.3, -0.25) is 4.79 Å². The van der Waals surface area contributed by atoms with Crippen LogP contribution in [0.2, 0.25) is 0 Å². The monoisotopic (exact) mass is 298 g/mol. The van der Waals surface area contributed by atoms with Gasteiger partial charge in [0.2, 0.25) is 0 Å². The summed E-state index contributed by atoms with van der Waals surface area (Å²) in [5, 5.41) is 14.2. The number of benzene rings is 1. The lowest BCUT2D eigenvalue weighted by Crippen LogP contribution is -2.24. The van der Waals surface area contributed by atoms with E-state index in [0.717, 1.165) is 0 Å². The fourth-order valence-electron chi connectivity index (χ4n) is 1.80. The molecule has 1 N–H and O–H groups in total. The number of halogens is 1. The number of amides is 1. The van der Waals surface area contributed by atoms with E-state index in [1.807, 2.05) is 0 Å². The summed E-state index contributed by atoms with van der Waals surface area (Å²) >= 11 is 0. The normalized spacial score (nSPS) is 10.4. The quantitative estimate of drug-likeness (QED) is 0.780. The lowest BCUT2D eigenvalue weighted by Gasteiger charge is -2.06. The van der Waals surface area contributed by atoms with Crippen LogP contribution in [0.1, 0.15) is 16.1 Å². The number of carbonyl (C=O) groups is 1. The zero-order valence-corrected chi connectivity index (χ0v) is 11.3. The highest BCUT2D eigenvalue weighted by atomic mass is 19.1. The van der Waals surface area contributed by atoms with E-state index < -0.39 is 5.91 Å². The van der Waals surface area contributed by atoms with E-state index in [2.05, 4.69) is 25.6 Å². The Hall–Kier alpha value is -3.16. The third-order valence-corrected chi connectivity index (χ3v) is 2.93. The van der Waals surface area contributed by atoms with E-state index in [1.54, 1.807) is 24.3 Å². The Labute approximate surface area is 124 Å². The predicted molar refractivity (Wildman–Crippen MR) is 74.5 cm³/mol. The van der Waals surface area contributed by atoms with Crippen molar-refractivity contribution in [3.63, 3.8) is 0 Å². The van der Waals surface area contributed by atoms with Crippen LogP contribution in [0.4, 0.5) is 4.39 Å². The Morgan fingerprint density at radius 3 is 2.73 bits per heavy atom. The highest BCUT2D eigenvalue weighted by molar-refractivity contribution is 5.92. The predicted octanol–water partition coefficient (Wildman–Crippen LogP) is 1.13. The van der Waals surface area contributed by atoms with Crippen LogP contribution in [0, 0.1) is 5.82 Å². The second-order valence-electron chi connectivity index (χ2n) is 4.39. The molecule has 0 saturated heterocycles. The molecule has 22 heavy (non-hydrogen) atoms. The van der Waals surface area contributed by atoms with Crippen molar-refractivity contribution in [1.29, 1.82) is 0 Å². The van der Waals surface area contributed by atoms with Crippen LogP contribution in [0.3, 0.4) is 0 Å². The number of nitrogens with zero attached hydrogens (tertiary/aromatic N) is 5. The van der Waals surface area contributed by atoms with Crippen LogP contribution in [0.5, 0.6) is 0 Å². The highest BCUT2D eigenvalue weighted by Crippen LogP contribution is 2.06. The summed E-state index contributed by atoms with van der Waals surface area (Å²) in [7, 11) is 0. The Kier molecular flexibility index (Phi) is 3.82. The topological polar surface area (TPSA) is 85.6 Å². The molecule has 2 heterocycles. The van der Waals surface area contributed by atoms with Gasteiger partial charge >= 0.3 is 0 Å². The first-order chi connectivity index (χ1) is 10.7. The lowest BCUT2D eigenvalue weighted by atomic mass is 10.2. The molecule has 0 aliphatic heterocycles. The molecule has 110 valence electrons. The summed E-state index contributed by atoms with van der Waals surface area (Å²) in [5.74, 6) is -0.348. The van der Waals surface area contributed by atoms with Gasteiger partial charge in [-0.1, -0.05) is 18.2 Å². The van der Waals surface area contributed by atoms with Crippen molar-refractivity contribution < 1.29 is 9.18 Å². The molecular formula is C14H11FN6O. The van der Waals surface area contributed by atoms with Crippen molar-refractivity contribution in [2.24, 2.45) is 0 Å². The first kappa shape index (κ1) is 13.8. The van der Waals surface area contributed by atoms with E-state index in [0.29, 0.717) is 11.4 Å². The molecule has 0 fully saturated rings. The van der Waals surface area contributed by atoms with Gasteiger partial charge in [-0.2, -0.15) is 5.10 Å². The average molecular weight is 298 g/mol. The number of rotatable bonds is 4. The van der Waals surface area contributed by atoms with Crippen molar-refractivity contribution in [2.75, 3.05) is 0 Å². The van der Waals surface area contributed by atoms with Gasteiger partial charge in [-0.25, -0.2) is 14.1 Å². The molecule has 0 saturated carbocycles. The molecule has 0 bridgehead atoms. The summed E-state index contributed by atoms with van der Waals surface area (Å²) in [5.41, 5.74) is 0.545. The molecule has 0 radical (unpaired) electrons. The van der Waals surface area contributed by atoms with E-state index in [-0.39, 0.29) is 18.1 Å². The largest absolute Gasteiger partial charge is 0.346 e. The smallest absolute Gasteiger partial charge is 0.272 e. The standard InChI is InChI=1S/C14H11FN6O/c15-11-4-2-1-3-10(11)7-17-14(22)12-5-6-13(20-19-12)21-9-16-8-18-21/h1-6,8-9H,7H2,(H,17,22). The number of hydrogen-bond acceptors (Lipinski definition) is 5. The highest BCUT2D eigenvalue weighted by Gasteiger charge is 2.10. The number of carbonyl (C=O) groups excluding carboxylic acids is 1. The average Bonchev–Trinajstić information content (AvgIpc) is 3.08. The number of nitrogens with one attached hydrogen (secondary N) is 1. The Bertz CT molecular complexity index is 772. The van der Waals surface area contributed by atoms with Crippen molar-refractivity contribution in [2.45, 2.75) is 6.54 Å². The fourth-order valence-corrected chi connectivity index (χ4v) is 1.80. The van der Waals surface area contributed by atoms with Crippen LogP contribution in [0.25, 0.3) is 5.82 Å². The van der Waals surface area contributed by atoms with Crippen LogP contribution in [-0.2, 0) is 6.54 Å². The van der Waals surface area contributed by atoms with Gasteiger partial charge < -0.3 is 5.32 Å². The van der Waals surface area contributed by atoms with Gasteiger partial charge in [0.25, 0.3) is 5.91 Å². The minimum atomic E-state index is -0.430. The molecule has 0 atom stereocenters. The van der Waals surface area contributed by atoms with Crippen molar-refractivity contribution in [1.82, 2.24) is 30.3 Å². The van der Waals surface area contributed by atoms with Gasteiger partial charge in [0, 0.05) is 12.1 Å². The fraction of sp³-hybridized carbons (Fsp3) is 0.0714. The van der Waals surface area contributed by atoms with Gasteiger partial charge in [0.1, 0.15) is 18.5 Å². The molecule has 0 aliphatic rings. The van der Waals surface area contributed by atoms with Crippen LogP contribution >= 0.6 is 0 Å². The zero-order chi connectivity index (χ0) is 15.4. The van der Waals surface area contributed by atoms with E-state index in [1.165, 1.54) is 29.5 Å². The maximum atomic E-state index is 13.5. The molecule has 7 nitrogen and oxygen atoms in total. The maximum Gasteiger partial charge on any atom is 0.272 e. The molecule has 3 aromatic rings. The zero-order valence-electron chi connectivity index (χ0n) is 11.3. The van der Waals surface area contributed by atoms with E-state index in [4.69, 9.17) is 0 Å². The Balaban J connectivity index is 1.67. The van der Waals surface area contributed by atoms with Crippen LogP contribution in [0.15, 0.2) is 49.1 Å².